The van der Waals surface area contributed by atoms with Crippen LogP contribution in [0.1, 0.15) is 63.8 Å². The zero-order valence-corrected chi connectivity index (χ0v) is 24.8. The Morgan fingerprint density at radius 2 is 0.902 bits per heavy atom. The first-order chi connectivity index (χ1) is 19.4. The predicted octanol–water partition coefficient (Wildman–Crippen LogP) is 7.83. The van der Waals surface area contributed by atoms with Gasteiger partial charge in [-0.3, -0.25) is 24.5 Å². The molecule has 7 heteroatoms. The van der Waals surface area contributed by atoms with Crippen molar-refractivity contribution in [3.63, 3.8) is 0 Å². The van der Waals surface area contributed by atoms with Crippen molar-refractivity contribution in [1.82, 2.24) is 34.5 Å². The number of benzene rings is 3. The van der Waals surface area contributed by atoms with Crippen molar-refractivity contribution in [1.29, 1.82) is 0 Å². The maximum Gasteiger partial charge on any atom is 0.157 e. The summed E-state index contributed by atoms with van der Waals surface area (Å²) in [4.78, 5) is 28.6. The molecule has 7 rings (SSSR count). The number of nitrogens with zero attached hydrogens (tertiary/aromatic N) is 7. The largest absolute Gasteiger partial charge is 0.292 e. The lowest BCUT2D eigenvalue weighted by molar-refractivity contribution is 0.590. The molecule has 0 aliphatic heterocycles. The van der Waals surface area contributed by atoms with Crippen molar-refractivity contribution < 1.29 is 0 Å². The molecular weight excluding hydrogens is 506 g/mol. The van der Waals surface area contributed by atoms with Crippen LogP contribution in [0.5, 0.6) is 0 Å². The SMILES string of the molecule is Cc1cc(C(C)(C)C)cc2c3cc(C(C)(C)C)cc(C)c3n(-c3cnc4c5nccnc5c5nccnc5c4n3)c12. The van der Waals surface area contributed by atoms with Gasteiger partial charge in [-0.15, -0.1) is 0 Å². The van der Waals surface area contributed by atoms with E-state index in [0.29, 0.717) is 33.1 Å². The maximum atomic E-state index is 5.25. The summed E-state index contributed by atoms with van der Waals surface area (Å²) in [6.45, 7) is 18.0. The van der Waals surface area contributed by atoms with Gasteiger partial charge < -0.3 is 0 Å². The van der Waals surface area contributed by atoms with E-state index in [0.717, 1.165) is 16.9 Å². The van der Waals surface area contributed by atoms with Gasteiger partial charge in [-0.05, 0) is 59.1 Å². The highest BCUT2D eigenvalue weighted by molar-refractivity contribution is 6.18. The van der Waals surface area contributed by atoms with E-state index in [-0.39, 0.29) is 10.8 Å². The Morgan fingerprint density at radius 3 is 1.32 bits per heavy atom. The Balaban J connectivity index is 1.65. The van der Waals surface area contributed by atoms with Gasteiger partial charge >= 0.3 is 0 Å². The third-order valence-electron chi connectivity index (χ3n) is 8.13. The minimum absolute atomic E-state index is 0.0203. The van der Waals surface area contributed by atoms with E-state index in [4.69, 9.17) is 9.97 Å². The zero-order chi connectivity index (χ0) is 28.8. The average molecular weight is 540 g/mol. The van der Waals surface area contributed by atoms with Gasteiger partial charge in [-0.2, -0.15) is 0 Å². The van der Waals surface area contributed by atoms with Crippen LogP contribution in [0.3, 0.4) is 0 Å². The Bertz CT molecular complexity index is 2080. The van der Waals surface area contributed by atoms with E-state index in [2.05, 4.69) is 104 Å². The van der Waals surface area contributed by atoms with E-state index in [1.807, 2.05) is 6.20 Å². The van der Waals surface area contributed by atoms with Crippen molar-refractivity contribution in [2.75, 3.05) is 0 Å². The molecule has 0 radical (unpaired) electrons. The second-order valence-electron chi connectivity index (χ2n) is 13.1. The molecule has 41 heavy (non-hydrogen) atoms. The van der Waals surface area contributed by atoms with Crippen LogP contribution in [0.4, 0.5) is 0 Å². The molecule has 0 amide bonds. The molecule has 4 heterocycles. The standard InChI is InChI=1S/C34H33N7/c1-18-13-20(33(3,4)5)15-22-23-16-21(34(6,7)8)14-19(2)32(23)41(31(18)22)24-17-39-29-27-25(35-9-10-37-27)26-28(30(29)40-24)38-12-11-36-26/h9-17H,1-8H3. The highest BCUT2D eigenvalue weighted by Gasteiger charge is 2.25. The molecule has 7 aromatic rings. The zero-order valence-electron chi connectivity index (χ0n) is 24.8. The average Bonchev–Trinajstić information content (AvgIpc) is 3.28. The predicted molar refractivity (Wildman–Crippen MR) is 167 cm³/mol. The lowest BCUT2D eigenvalue weighted by atomic mass is 9.83. The molecule has 0 saturated heterocycles. The van der Waals surface area contributed by atoms with Gasteiger partial charge in [-0.25, -0.2) is 9.97 Å². The molecule has 0 aliphatic rings. The van der Waals surface area contributed by atoms with Crippen molar-refractivity contribution in [3.8, 4) is 5.82 Å². The fourth-order valence-corrected chi connectivity index (χ4v) is 5.97. The number of hydrogen-bond donors (Lipinski definition) is 0. The summed E-state index contributed by atoms with van der Waals surface area (Å²) in [5.41, 5.74) is 11.4. The third kappa shape index (κ3) is 3.79. The number of aryl methyl sites for hydroxylation is 2. The number of aromatic nitrogens is 7. The molecule has 0 unspecified atom stereocenters. The summed E-state index contributed by atoms with van der Waals surface area (Å²) in [6, 6.07) is 9.36. The highest BCUT2D eigenvalue weighted by atomic mass is 15.1. The van der Waals surface area contributed by atoms with Gasteiger partial charge in [0.25, 0.3) is 0 Å². The van der Waals surface area contributed by atoms with Crippen LogP contribution in [0.15, 0.2) is 55.2 Å². The fraction of sp³-hybridized carbons (Fsp3) is 0.294. The van der Waals surface area contributed by atoms with Crippen LogP contribution < -0.4 is 0 Å². The number of hydrogen-bond acceptors (Lipinski definition) is 6. The highest BCUT2D eigenvalue weighted by Crippen LogP contribution is 2.40. The van der Waals surface area contributed by atoms with Gasteiger partial charge in [-0.1, -0.05) is 53.7 Å². The van der Waals surface area contributed by atoms with Gasteiger partial charge in [0.15, 0.2) is 5.82 Å². The molecule has 0 saturated carbocycles. The summed E-state index contributed by atoms with van der Waals surface area (Å²) >= 11 is 0. The summed E-state index contributed by atoms with van der Waals surface area (Å²) in [6.07, 6.45) is 8.57. The molecular formula is C34H33N7. The van der Waals surface area contributed by atoms with Crippen LogP contribution >= 0.6 is 0 Å². The molecule has 0 fully saturated rings. The van der Waals surface area contributed by atoms with Gasteiger partial charge in [0.2, 0.25) is 0 Å². The smallest absolute Gasteiger partial charge is 0.157 e. The number of rotatable bonds is 1. The van der Waals surface area contributed by atoms with Gasteiger partial charge in [0.05, 0.1) is 17.2 Å². The molecule has 0 N–H and O–H groups in total. The topological polar surface area (TPSA) is 82.3 Å². The first kappa shape index (κ1) is 25.4. The van der Waals surface area contributed by atoms with Crippen molar-refractivity contribution in [2.24, 2.45) is 0 Å². The monoisotopic (exact) mass is 539 g/mol. The fourth-order valence-electron chi connectivity index (χ4n) is 5.97. The normalized spacial score (nSPS) is 12.9. The van der Waals surface area contributed by atoms with Crippen LogP contribution in [0, 0.1) is 13.8 Å². The van der Waals surface area contributed by atoms with Crippen molar-refractivity contribution in [2.45, 2.75) is 66.2 Å². The van der Waals surface area contributed by atoms with Crippen LogP contribution in [0.25, 0.3) is 60.7 Å². The molecule has 0 bridgehead atoms. The van der Waals surface area contributed by atoms with Crippen LogP contribution in [-0.4, -0.2) is 34.5 Å². The third-order valence-corrected chi connectivity index (χ3v) is 8.13. The second kappa shape index (κ2) is 8.49. The van der Waals surface area contributed by atoms with Gasteiger partial charge in [0, 0.05) is 35.6 Å². The minimum Gasteiger partial charge on any atom is -0.292 e. The first-order valence-corrected chi connectivity index (χ1v) is 14.0. The van der Waals surface area contributed by atoms with Crippen LogP contribution in [-0.2, 0) is 10.8 Å². The molecule has 0 atom stereocenters. The molecule has 7 nitrogen and oxygen atoms in total. The lowest BCUT2D eigenvalue weighted by Crippen LogP contribution is -2.11. The summed E-state index contributed by atoms with van der Waals surface area (Å²) in [5, 5.41) is 2.46. The lowest BCUT2D eigenvalue weighted by Gasteiger charge is -2.21. The Morgan fingerprint density at radius 1 is 0.512 bits per heavy atom. The maximum absolute atomic E-state index is 5.25. The molecule has 0 spiro atoms. The summed E-state index contributed by atoms with van der Waals surface area (Å²) in [5.74, 6) is 0.742. The molecule has 3 aromatic carbocycles. The Hall–Kier alpha value is -4.52. The summed E-state index contributed by atoms with van der Waals surface area (Å²) < 4.78 is 2.28. The Kier molecular flexibility index (Phi) is 5.27. The quantitative estimate of drug-likeness (QED) is 0.198. The molecule has 4 aromatic heterocycles. The first-order valence-electron chi connectivity index (χ1n) is 14.0. The van der Waals surface area contributed by atoms with E-state index in [1.165, 1.54) is 33.0 Å². The second-order valence-corrected chi connectivity index (χ2v) is 13.1. The molecule has 204 valence electrons. The van der Waals surface area contributed by atoms with E-state index in [1.54, 1.807) is 24.8 Å². The van der Waals surface area contributed by atoms with Gasteiger partial charge in [0.1, 0.15) is 33.1 Å². The van der Waals surface area contributed by atoms with E-state index >= 15 is 0 Å². The van der Waals surface area contributed by atoms with Crippen molar-refractivity contribution >= 4 is 54.9 Å². The van der Waals surface area contributed by atoms with E-state index in [9.17, 15) is 0 Å². The summed E-state index contributed by atoms with van der Waals surface area (Å²) in [7, 11) is 0. The minimum atomic E-state index is 0.0203. The van der Waals surface area contributed by atoms with E-state index < -0.39 is 0 Å². The number of fused-ring (bicyclic) bond motifs is 9. The van der Waals surface area contributed by atoms with Crippen LogP contribution in [0.2, 0.25) is 0 Å². The Labute approximate surface area is 238 Å². The van der Waals surface area contributed by atoms with Crippen molar-refractivity contribution in [3.05, 3.63) is 77.5 Å². The molecule has 0 aliphatic carbocycles.